The van der Waals surface area contributed by atoms with Gasteiger partial charge in [0.2, 0.25) is 10.0 Å². The van der Waals surface area contributed by atoms with Gasteiger partial charge in [-0.2, -0.15) is 4.31 Å². The summed E-state index contributed by atoms with van der Waals surface area (Å²) in [6.45, 7) is 3.28. The van der Waals surface area contributed by atoms with Gasteiger partial charge < -0.3 is 5.11 Å². The van der Waals surface area contributed by atoms with Gasteiger partial charge in [0, 0.05) is 13.1 Å². The van der Waals surface area contributed by atoms with Gasteiger partial charge in [-0.15, -0.1) is 0 Å². The molecular weight excluding hydrogens is 262 g/mol. The van der Waals surface area contributed by atoms with E-state index in [4.69, 9.17) is 5.11 Å². The predicted molar refractivity (Wildman–Crippen MR) is 74.1 cm³/mol. The fourth-order valence-electron chi connectivity index (χ4n) is 2.49. The van der Waals surface area contributed by atoms with Crippen molar-refractivity contribution in [3.8, 4) is 0 Å². The van der Waals surface area contributed by atoms with E-state index in [2.05, 4.69) is 6.92 Å². The summed E-state index contributed by atoms with van der Waals surface area (Å²) in [5, 5.41) is 8.99. The first-order valence-corrected chi connectivity index (χ1v) is 8.22. The molecule has 1 heterocycles. The Kier molecular flexibility index (Phi) is 4.60. The zero-order valence-corrected chi connectivity index (χ0v) is 12.1. The molecule has 1 aliphatic heterocycles. The number of piperidine rings is 1. The van der Waals surface area contributed by atoms with Crippen molar-refractivity contribution in [3.63, 3.8) is 0 Å². The molecule has 0 saturated carbocycles. The van der Waals surface area contributed by atoms with Crippen LogP contribution in [0.5, 0.6) is 0 Å². The highest BCUT2D eigenvalue weighted by molar-refractivity contribution is 7.89. The van der Waals surface area contributed by atoms with Gasteiger partial charge in [0.1, 0.15) is 0 Å². The van der Waals surface area contributed by atoms with Crippen LogP contribution in [-0.4, -0.2) is 30.9 Å². The molecule has 1 aromatic rings. The number of hydrogen-bond acceptors (Lipinski definition) is 3. The third-order valence-electron chi connectivity index (χ3n) is 3.80. The molecule has 4 nitrogen and oxygen atoms in total. The minimum absolute atomic E-state index is 0.0675. The first kappa shape index (κ1) is 14.5. The second-order valence-corrected chi connectivity index (χ2v) is 7.02. The molecule has 1 saturated heterocycles. The fourth-order valence-corrected chi connectivity index (χ4v) is 4.05. The van der Waals surface area contributed by atoms with Crippen molar-refractivity contribution in [3.05, 3.63) is 29.8 Å². The number of hydrogen-bond donors (Lipinski definition) is 1. The molecule has 19 heavy (non-hydrogen) atoms. The van der Waals surface area contributed by atoms with Crippen molar-refractivity contribution in [2.45, 2.75) is 37.7 Å². The van der Waals surface area contributed by atoms with Gasteiger partial charge in [0.05, 0.1) is 11.5 Å². The van der Waals surface area contributed by atoms with Gasteiger partial charge >= 0.3 is 0 Å². The smallest absolute Gasteiger partial charge is 0.243 e. The summed E-state index contributed by atoms with van der Waals surface area (Å²) in [4.78, 5) is 0.321. The van der Waals surface area contributed by atoms with E-state index >= 15 is 0 Å². The van der Waals surface area contributed by atoms with Crippen LogP contribution in [0.15, 0.2) is 29.2 Å². The number of rotatable bonds is 4. The van der Waals surface area contributed by atoms with Gasteiger partial charge in [-0.1, -0.05) is 25.5 Å². The van der Waals surface area contributed by atoms with Crippen LogP contribution in [0.2, 0.25) is 0 Å². The first-order valence-electron chi connectivity index (χ1n) is 6.78. The maximum atomic E-state index is 12.5. The molecule has 2 rings (SSSR count). The van der Waals surface area contributed by atoms with Crippen molar-refractivity contribution >= 4 is 10.0 Å². The average molecular weight is 283 g/mol. The maximum absolute atomic E-state index is 12.5. The molecule has 0 amide bonds. The topological polar surface area (TPSA) is 57.6 Å². The normalized spacial score (nSPS) is 21.5. The summed E-state index contributed by atoms with van der Waals surface area (Å²) in [5.41, 5.74) is 0.726. The SMILES string of the molecule is CCC1CCCN(S(=O)(=O)c2ccc(CO)cc2)C1. The van der Waals surface area contributed by atoms with Crippen molar-refractivity contribution in [2.24, 2.45) is 5.92 Å². The highest BCUT2D eigenvalue weighted by atomic mass is 32.2. The Bertz CT molecular complexity index is 510. The molecule has 1 aromatic carbocycles. The monoisotopic (exact) mass is 283 g/mol. The Hall–Kier alpha value is -0.910. The molecule has 1 atom stereocenters. The Labute approximate surface area is 115 Å². The summed E-state index contributed by atoms with van der Waals surface area (Å²) in [7, 11) is -3.38. The standard InChI is InChI=1S/C14H21NO3S/c1-2-12-4-3-9-15(10-12)19(17,18)14-7-5-13(11-16)6-8-14/h5-8,12,16H,2-4,9-11H2,1H3. The number of nitrogens with zero attached hydrogens (tertiary/aromatic N) is 1. The lowest BCUT2D eigenvalue weighted by molar-refractivity contribution is 0.261. The summed E-state index contributed by atoms with van der Waals surface area (Å²) < 4.78 is 26.6. The van der Waals surface area contributed by atoms with Crippen molar-refractivity contribution in [1.29, 1.82) is 0 Å². The summed E-state index contributed by atoms with van der Waals surface area (Å²) in [6.07, 6.45) is 3.08. The third kappa shape index (κ3) is 3.16. The predicted octanol–water partition coefficient (Wildman–Crippen LogP) is 1.99. The van der Waals surface area contributed by atoms with E-state index in [1.165, 1.54) is 0 Å². The minimum atomic E-state index is -3.38. The van der Waals surface area contributed by atoms with Crippen LogP contribution in [-0.2, 0) is 16.6 Å². The quantitative estimate of drug-likeness (QED) is 0.919. The second-order valence-electron chi connectivity index (χ2n) is 5.08. The van der Waals surface area contributed by atoms with Gasteiger partial charge in [0.25, 0.3) is 0 Å². The maximum Gasteiger partial charge on any atom is 0.243 e. The van der Waals surface area contributed by atoms with Crippen molar-refractivity contribution in [2.75, 3.05) is 13.1 Å². The van der Waals surface area contributed by atoms with Crippen LogP contribution in [0.4, 0.5) is 0 Å². The van der Waals surface area contributed by atoms with E-state index in [0.717, 1.165) is 24.8 Å². The molecule has 0 radical (unpaired) electrons. The van der Waals surface area contributed by atoms with Crippen molar-refractivity contribution in [1.82, 2.24) is 4.31 Å². The Morgan fingerprint density at radius 2 is 2.00 bits per heavy atom. The molecule has 1 fully saturated rings. The molecule has 106 valence electrons. The van der Waals surface area contributed by atoms with Crippen LogP contribution >= 0.6 is 0 Å². The lowest BCUT2D eigenvalue weighted by atomic mass is 9.97. The van der Waals surface area contributed by atoms with Crippen LogP contribution in [0, 0.1) is 5.92 Å². The Morgan fingerprint density at radius 1 is 1.32 bits per heavy atom. The highest BCUT2D eigenvalue weighted by Gasteiger charge is 2.29. The fraction of sp³-hybridized carbons (Fsp3) is 0.571. The van der Waals surface area contributed by atoms with Crippen molar-refractivity contribution < 1.29 is 13.5 Å². The molecule has 0 aliphatic carbocycles. The lowest BCUT2D eigenvalue weighted by Gasteiger charge is -2.31. The Balaban J connectivity index is 2.20. The van der Waals surface area contributed by atoms with Gasteiger partial charge in [0.15, 0.2) is 0 Å². The van der Waals surface area contributed by atoms with Crippen LogP contribution in [0.1, 0.15) is 31.7 Å². The zero-order valence-electron chi connectivity index (χ0n) is 11.2. The molecule has 0 bridgehead atoms. The molecular formula is C14H21NO3S. The average Bonchev–Trinajstić information content (AvgIpc) is 2.47. The second kappa shape index (κ2) is 6.03. The molecule has 1 N–H and O–H groups in total. The largest absolute Gasteiger partial charge is 0.392 e. The summed E-state index contributed by atoms with van der Waals surface area (Å²) in [5.74, 6) is 0.472. The van der Waals surface area contributed by atoms with E-state index in [-0.39, 0.29) is 6.61 Å². The van der Waals surface area contributed by atoms with Gasteiger partial charge in [-0.05, 0) is 36.5 Å². The minimum Gasteiger partial charge on any atom is -0.392 e. The number of benzene rings is 1. The summed E-state index contributed by atoms with van der Waals surface area (Å²) in [6, 6.07) is 6.48. The number of aliphatic hydroxyl groups excluding tert-OH is 1. The van der Waals surface area contributed by atoms with Crippen LogP contribution < -0.4 is 0 Å². The number of sulfonamides is 1. The Morgan fingerprint density at radius 3 is 2.58 bits per heavy atom. The van der Waals surface area contributed by atoms with Gasteiger partial charge in [-0.3, -0.25) is 0 Å². The third-order valence-corrected chi connectivity index (χ3v) is 5.68. The van der Waals surface area contributed by atoms with E-state index in [1.54, 1.807) is 28.6 Å². The van der Waals surface area contributed by atoms with E-state index in [9.17, 15) is 8.42 Å². The number of aliphatic hydroxyl groups is 1. The van der Waals surface area contributed by atoms with E-state index in [1.807, 2.05) is 0 Å². The lowest BCUT2D eigenvalue weighted by Crippen LogP contribution is -2.39. The molecule has 5 heteroatoms. The first-order chi connectivity index (χ1) is 9.07. The van der Waals surface area contributed by atoms with Crippen LogP contribution in [0.25, 0.3) is 0 Å². The van der Waals surface area contributed by atoms with Gasteiger partial charge in [-0.25, -0.2) is 8.42 Å². The molecule has 1 unspecified atom stereocenters. The van der Waals surface area contributed by atoms with E-state index < -0.39 is 10.0 Å². The molecule has 1 aliphatic rings. The molecule has 0 spiro atoms. The highest BCUT2D eigenvalue weighted by Crippen LogP contribution is 2.25. The molecule has 0 aromatic heterocycles. The van der Waals surface area contributed by atoms with Crippen LogP contribution in [0.3, 0.4) is 0 Å². The zero-order chi connectivity index (χ0) is 13.9. The summed E-state index contributed by atoms with van der Waals surface area (Å²) >= 11 is 0. The van der Waals surface area contributed by atoms with E-state index in [0.29, 0.717) is 23.9 Å².